The molecule has 0 aliphatic carbocycles. The van der Waals surface area contributed by atoms with E-state index in [2.05, 4.69) is 26.5 Å². The average molecular weight is 270 g/mol. The van der Waals surface area contributed by atoms with Crippen LogP contribution < -0.4 is 10.2 Å². The third kappa shape index (κ3) is 2.08. The number of furan rings is 1. The lowest BCUT2D eigenvalue weighted by atomic mass is 9.99. The molecule has 0 spiro atoms. The average Bonchev–Trinajstić information content (AvgIpc) is 2.85. The van der Waals surface area contributed by atoms with Gasteiger partial charge in [0.2, 0.25) is 0 Å². The quantitative estimate of drug-likeness (QED) is 0.905. The Morgan fingerprint density at radius 2 is 2.15 bits per heavy atom. The maximum Gasteiger partial charge on any atom is 0.151 e. The fourth-order valence-electron chi connectivity index (χ4n) is 3.27. The summed E-state index contributed by atoms with van der Waals surface area (Å²) in [5.41, 5.74) is 1.84. The minimum Gasteiger partial charge on any atom is -0.472 e. The van der Waals surface area contributed by atoms with Gasteiger partial charge in [0.25, 0.3) is 0 Å². The van der Waals surface area contributed by atoms with Gasteiger partial charge in [-0.2, -0.15) is 0 Å². The van der Waals surface area contributed by atoms with E-state index in [1.165, 1.54) is 19.3 Å². The molecule has 5 heteroatoms. The van der Waals surface area contributed by atoms with Crippen molar-refractivity contribution in [1.29, 1.82) is 0 Å². The van der Waals surface area contributed by atoms with Gasteiger partial charge in [0, 0.05) is 24.2 Å². The monoisotopic (exact) mass is 270 g/mol. The molecule has 3 saturated heterocycles. The summed E-state index contributed by atoms with van der Waals surface area (Å²) in [5.74, 6) is 0.996. The van der Waals surface area contributed by atoms with Crippen molar-refractivity contribution in [3.8, 4) is 11.3 Å². The molecule has 5 nitrogen and oxygen atoms in total. The minimum atomic E-state index is 0.601. The van der Waals surface area contributed by atoms with Gasteiger partial charge in [-0.05, 0) is 44.0 Å². The number of nitrogens with one attached hydrogen (secondary N) is 1. The predicted molar refractivity (Wildman–Crippen MR) is 76.5 cm³/mol. The molecule has 1 N–H and O–H groups in total. The molecule has 5 rings (SSSR count). The van der Waals surface area contributed by atoms with Crippen molar-refractivity contribution in [3.05, 3.63) is 30.7 Å². The number of hydrogen-bond donors (Lipinski definition) is 1. The Balaban J connectivity index is 1.59. The Labute approximate surface area is 118 Å². The molecule has 0 radical (unpaired) electrons. The summed E-state index contributed by atoms with van der Waals surface area (Å²) >= 11 is 0. The molecule has 0 saturated carbocycles. The van der Waals surface area contributed by atoms with E-state index in [0.717, 1.165) is 30.2 Å². The Hall–Kier alpha value is -1.88. The second-order valence-corrected chi connectivity index (χ2v) is 5.61. The molecule has 2 aromatic rings. The van der Waals surface area contributed by atoms with Gasteiger partial charge in [0.15, 0.2) is 5.82 Å². The van der Waals surface area contributed by atoms with E-state index in [1.54, 1.807) is 12.5 Å². The highest BCUT2D eigenvalue weighted by Crippen LogP contribution is 2.28. The molecule has 2 unspecified atom stereocenters. The Morgan fingerprint density at radius 1 is 1.15 bits per heavy atom. The first-order chi connectivity index (χ1) is 9.90. The number of piperidine rings is 1. The lowest BCUT2D eigenvalue weighted by molar-refractivity contribution is 0.426. The van der Waals surface area contributed by atoms with E-state index in [4.69, 9.17) is 4.42 Å². The van der Waals surface area contributed by atoms with Crippen LogP contribution in [0.4, 0.5) is 5.82 Å². The Kier molecular flexibility index (Phi) is 2.92. The van der Waals surface area contributed by atoms with Crippen LogP contribution in [0.3, 0.4) is 0 Å². The molecule has 3 fully saturated rings. The van der Waals surface area contributed by atoms with E-state index >= 15 is 0 Å². The summed E-state index contributed by atoms with van der Waals surface area (Å²) in [7, 11) is 0. The molecular weight excluding hydrogens is 252 g/mol. The number of anilines is 1. The highest BCUT2D eigenvalue weighted by atomic mass is 16.3. The molecular formula is C15H18N4O. The fourth-order valence-corrected chi connectivity index (χ4v) is 3.27. The highest BCUT2D eigenvalue weighted by Gasteiger charge is 2.31. The van der Waals surface area contributed by atoms with Crippen LogP contribution in [0.25, 0.3) is 11.3 Å². The Bertz CT molecular complexity index is 562. The fraction of sp³-hybridized carbons (Fsp3) is 0.467. The number of nitrogens with zero attached hydrogens (tertiary/aromatic N) is 3. The molecule has 5 heterocycles. The highest BCUT2D eigenvalue weighted by molar-refractivity contribution is 5.58. The molecule has 0 aromatic carbocycles. The van der Waals surface area contributed by atoms with Gasteiger partial charge >= 0.3 is 0 Å². The minimum absolute atomic E-state index is 0.601. The van der Waals surface area contributed by atoms with Crippen molar-refractivity contribution in [2.75, 3.05) is 18.0 Å². The summed E-state index contributed by atoms with van der Waals surface area (Å²) in [6.07, 6.45) is 7.08. The van der Waals surface area contributed by atoms with E-state index in [0.29, 0.717) is 12.1 Å². The van der Waals surface area contributed by atoms with E-state index in [1.807, 2.05) is 12.1 Å². The second kappa shape index (κ2) is 4.90. The summed E-state index contributed by atoms with van der Waals surface area (Å²) < 4.78 is 5.09. The maximum atomic E-state index is 5.09. The smallest absolute Gasteiger partial charge is 0.151 e. The summed E-state index contributed by atoms with van der Waals surface area (Å²) in [4.78, 5) is 2.42. The number of fused-ring (bicyclic) bond motifs is 4. The van der Waals surface area contributed by atoms with Gasteiger partial charge in [-0.25, -0.2) is 0 Å². The maximum absolute atomic E-state index is 5.09. The van der Waals surface area contributed by atoms with Crippen molar-refractivity contribution < 1.29 is 4.42 Å². The van der Waals surface area contributed by atoms with Gasteiger partial charge in [-0.1, -0.05) is 0 Å². The van der Waals surface area contributed by atoms with Crippen LogP contribution >= 0.6 is 0 Å². The van der Waals surface area contributed by atoms with Crippen LogP contribution in [0.15, 0.2) is 35.1 Å². The van der Waals surface area contributed by atoms with Crippen LogP contribution in [0.5, 0.6) is 0 Å². The largest absolute Gasteiger partial charge is 0.472 e. The van der Waals surface area contributed by atoms with Crippen LogP contribution in [0.1, 0.15) is 19.3 Å². The first-order valence-corrected chi connectivity index (χ1v) is 7.26. The van der Waals surface area contributed by atoms with Gasteiger partial charge in [-0.15, -0.1) is 10.2 Å². The summed E-state index contributed by atoms with van der Waals surface area (Å²) in [6, 6.07) is 7.22. The molecule has 104 valence electrons. The van der Waals surface area contributed by atoms with Gasteiger partial charge in [0.1, 0.15) is 0 Å². The number of rotatable bonds is 2. The number of hydrogen-bond acceptors (Lipinski definition) is 5. The molecule has 2 aromatic heterocycles. The van der Waals surface area contributed by atoms with Crippen molar-refractivity contribution >= 4 is 5.82 Å². The van der Waals surface area contributed by atoms with Crippen LogP contribution in [-0.2, 0) is 0 Å². The lowest BCUT2D eigenvalue weighted by Crippen LogP contribution is -2.46. The zero-order chi connectivity index (χ0) is 13.4. The van der Waals surface area contributed by atoms with Crippen LogP contribution in [-0.4, -0.2) is 35.4 Å². The summed E-state index contributed by atoms with van der Waals surface area (Å²) in [5, 5.41) is 12.4. The predicted octanol–water partition coefficient (Wildman–Crippen LogP) is 2.07. The molecule has 3 aliphatic heterocycles. The number of aromatic nitrogens is 2. The third-order valence-corrected chi connectivity index (χ3v) is 4.38. The molecule has 2 bridgehead atoms. The lowest BCUT2D eigenvalue weighted by Gasteiger charge is -2.36. The van der Waals surface area contributed by atoms with Crippen molar-refractivity contribution in [2.45, 2.75) is 31.3 Å². The van der Waals surface area contributed by atoms with Gasteiger partial charge in [-0.3, -0.25) is 0 Å². The molecule has 3 aliphatic rings. The molecule has 2 atom stereocenters. The van der Waals surface area contributed by atoms with E-state index in [9.17, 15) is 0 Å². The topological polar surface area (TPSA) is 54.2 Å². The summed E-state index contributed by atoms with van der Waals surface area (Å²) in [6.45, 7) is 2.16. The second-order valence-electron chi connectivity index (χ2n) is 5.61. The van der Waals surface area contributed by atoms with Crippen LogP contribution in [0.2, 0.25) is 0 Å². The first kappa shape index (κ1) is 11.9. The van der Waals surface area contributed by atoms with Crippen molar-refractivity contribution in [3.63, 3.8) is 0 Å². The first-order valence-electron chi connectivity index (χ1n) is 7.26. The third-order valence-electron chi connectivity index (χ3n) is 4.38. The van der Waals surface area contributed by atoms with Gasteiger partial charge in [0.05, 0.1) is 18.2 Å². The molecule has 20 heavy (non-hydrogen) atoms. The zero-order valence-corrected chi connectivity index (χ0v) is 11.3. The zero-order valence-electron chi connectivity index (χ0n) is 11.3. The SMILES string of the molecule is c1cc(-c2ccc(N3CC4CCC3CCN4)nn2)co1. The normalized spacial score (nSPS) is 25.7. The molecule has 0 amide bonds. The van der Waals surface area contributed by atoms with Crippen LogP contribution in [0, 0.1) is 0 Å². The van der Waals surface area contributed by atoms with Crippen molar-refractivity contribution in [2.24, 2.45) is 0 Å². The van der Waals surface area contributed by atoms with E-state index in [-0.39, 0.29) is 0 Å². The Morgan fingerprint density at radius 3 is 2.95 bits per heavy atom. The van der Waals surface area contributed by atoms with E-state index < -0.39 is 0 Å². The van der Waals surface area contributed by atoms with Gasteiger partial charge < -0.3 is 14.6 Å². The van der Waals surface area contributed by atoms with Crippen molar-refractivity contribution in [1.82, 2.24) is 15.5 Å². The standard InChI is InChI=1S/C15H18N4O/c1-2-13-5-7-16-12(1)9-19(13)15-4-3-14(17-18-15)11-6-8-20-10-11/h3-4,6,8,10,12-13,16H,1-2,5,7,9H2.